The number of aldehydes is 1. The van der Waals surface area contributed by atoms with Crippen LogP contribution in [0, 0.1) is 0 Å². The van der Waals surface area contributed by atoms with Gasteiger partial charge in [-0.3, -0.25) is 0 Å². The fourth-order valence-corrected chi connectivity index (χ4v) is 0.109. The number of hydrogen-bond acceptors (Lipinski definition) is 2. The highest BCUT2D eigenvalue weighted by Crippen LogP contribution is 1.74. The molecule has 0 aliphatic carbocycles. The highest BCUT2D eigenvalue weighted by molar-refractivity contribution is 6.19. The van der Waals surface area contributed by atoms with Gasteiger partial charge in [-0.1, -0.05) is 0 Å². The van der Waals surface area contributed by atoms with Gasteiger partial charge in [-0.05, 0) is 0 Å². The Bertz CT molecular complexity index is 48.1. The van der Waals surface area contributed by atoms with Gasteiger partial charge in [0.2, 0.25) is 0 Å². The minimum Gasteiger partial charge on any atom is -0.321 e. The van der Waals surface area contributed by atoms with Crippen LogP contribution in [0.15, 0.2) is 0 Å². The van der Waals surface area contributed by atoms with Crippen molar-refractivity contribution in [3.05, 3.63) is 0 Å². The summed E-state index contributed by atoms with van der Waals surface area (Å²) in [5.41, 5.74) is 4.97. The van der Waals surface area contributed by atoms with Gasteiger partial charge in [0.1, 0.15) is 6.29 Å². The lowest BCUT2D eigenvalue weighted by Gasteiger charge is -1.88. The fourth-order valence-electron chi connectivity index (χ4n) is 0.0364. The maximum absolute atomic E-state index is 9.53. The topological polar surface area (TPSA) is 43.1 Å². The van der Waals surface area contributed by atoms with Crippen molar-refractivity contribution in [2.24, 2.45) is 5.73 Å². The number of alkyl halides is 1. The summed E-state index contributed by atoms with van der Waals surface area (Å²) >= 11 is 5.10. The molecule has 36 valence electrons. The lowest BCUT2D eigenvalue weighted by Crippen LogP contribution is -2.22. The predicted molar refractivity (Wildman–Crippen MR) is 24.8 cm³/mol. The molecular weight excluding hydrogens is 101 g/mol. The van der Waals surface area contributed by atoms with Crippen molar-refractivity contribution in [1.82, 2.24) is 0 Å². The van der Waals surface area contributed by atoms with E-state index < -0.39 is 6.04 Å². The van der Waals surface area contributed by atoms with Gasteiger partial charge in [-0.25, -0.2) is 0 Å². The molecule has 0 radical (unpaired) electrons. The van der Waals surface area contributed by atoms with Crippen molar-refractivity contribution in [2.75, 3.05) is 5.88 Å². The summed E-state index contributed by atoms with van der Waals surface area (Å²) < 4.78 is 0. The molecule has 0 amide bonds. The van der Waals surface area contributed by atoms with Crippen LogP contribution in [0.1, 0.15) is 0 Å². The highest BCUT2D eigenvalue weighted by Gasteiger charge is 1.91. The highest BCUT2D eigenvalue weighted by atomic mass is 35.5. The third-order valence-electron chi connectivity index (χ3n) is 0.353. The van der Waals surface area contributed by atoms with E-state index in [0.29, 0.717) is 6.29 Å². The quantitative estimate of drug-likeness (QED) is 0.391. The maximum Gasteiger partial charge on any atom is 0.137 e. The van der Waals surface area contributed by atoms with Crippen LogP contribution in [0.25, 0.3) is 0 Å². The average Bonchev–Trinajstić information content (AvgIpc) is 1.65. The van der Waals surface area contributed by atoms with Gasteiger partial charge >= 0.3 is 0 Å². The molecule has 1 atom stereocenters. The van der Waals surface area contributed by atoms with Crippen LogP contribution in [0.4, 0.5) is 0 Å². The molecule has 0 aliphatic rings. The first-order chi connectivity index (χ1) is 2.81. The van der Waals surface area contributed by atoms with Crippen LogP contribution in [-0.4, -0.2) is 18.2 Å². The molecule has 3 heteroatoms. The van der Waals surface area contributed by atoms with Crippen LogP contribution < -0.4 is 5.73 Å². The van der Waals surface area contributed by atoms with Gasteiger partial charge in [0.25, 0.3) is 0 Å². The third kappa shape index (κ3) is 2.18. The zero-order chi connectivity index (χ0) is 4.99. The van der Waals surface area contributed by atoms with Crippen molar-refractivity contribution in [3.8, 4) is 0 Å². The molecule has 0 saturated heterocycles. The summed E-state index contributed by atoms with van der Waals surface area (Å²) in [6.07, 6.45) is 0.618. The Labute approximate surface area is 41.3 Å². The normalized spacial score (nSPS) is 13.7. The zero-order valence-electron chi connectivity index (χ0n) is 3.23. The Morgan fingerprint density at radius 1 is 2.00 bits per heavy atom. The molecule has 0 fully saturated rings. The number of nitrogens with two attached hydrogens (primary N) is 1. The number of halogens is 1. The van der Waals surface area contributed by atoms with Gasteiger partial charge in [0.05, 0.1) is 6.04 Å². The standard InChI is InChI=1S/C3H6ClNO/c4-1-3(5)2-6/h2-3H,1,5H2. The molecule has 2 nitrogen and oxygen atoms in total. The van der Waals surface area contributed by atoms with E-state index in [1.54, 1.807) is 0 Å². The molecule has 0 aromatic carbocycles. The first kappa shape index (κ1) is 5.92. The van der Waals surface area contributed by atoms with Crippen LogP contribution in [0.3, 0.4) is 0 Å². The minimum absolute atomic E-state index is 0.212. The van der Waals surface area contributed by atoms with E-state index >= 15 is 0 Å². The molecule has 0 saturated carbocycles. The fraction of sp³-hybridized carbons (Fsp3) is 0.667. The summed E-state index contributed by atoms with van der Waals surface area (Å²) in [6.45, 7) is 0. The van der Waals surface area contributed by atoms with Crippen LogP contribution in [0.5, 0.6) is 0 Å². The first-order valence-electron chi connectivity index (χ1n) is 1.58. The first-order valence-corrected chi connectivity index (χ1v) is 2.11. The summed E-state index contributed by atoms with van der Waals surface area (Å²) in [7, 11) is 0. The lowest BCUT2D eigenvalue weighted by molar-refractivity contribution is -0.108. The molecule has 1 unspecified atom stereocenters. The number of carbonyl (C=O) groups excluding carboxylic acids is 1. The Hall–Kier alpha value is -0.0800. The molecular formula is C3H6ClNO. The Kier molecular flexibility index (Phi) is 3.08. The second-order valence-electron chi connectivity index (χ2n) is 0.954. The van der Waals surface area contributed by atoms with Gasteiger partial charge in [-0.15, -0.1) is 11.6 Å². The van der Waals surface area contributed by atoms with Gasteiger partial charge < -0.3 is 10.5 Å². The van der Waals surface area contributed by atoms with Crippen LogP contribution >= 0.6 is 11.6 Å². The second-order valence-corrected chi connectivity index (χ2v) is 1.26. The molecule has 0 aromatic heterocycles. The van der Waals surface area contributed by atoms with Crippen molar-refractivity contribution < 1.29 is 4.79 Å². The second kappa shape index (κ2) is 3.12. The van der Waals surface area contributed by atoms with Crippen LogP contribution in [0.2, 0.25) is 0 Å². The van der Waals surface area contributed by atoms with E-state index in [1.165, 1.54) is 0 Å². The van der Waals surface area contributed by atoms with E-state index in [-0.39, 0.29) is 5.88 Å². The Morgan fingerprint density at radius 2 is 2.50 bits per heavy atom. The van der Waals surface area contributed by atoms with E-state index in [0.717, 1.165) is 0 Å². The Balaban J connectivity index is 2.96. The van der Waals surface area contributed by atoms with Gasteiger partial charge in [-0.2, -0.15) is 0 Å². The summed E-state index contributed by atoms with van der Waals surface area (Å²) in [5, 5.41) is 0. The SMILES string of the molecule is NC(C=O)CCl. The summed E-state index contributed by atoms with van der Waals surface area (Å²) in [6, 6.07) is -0.480. The van der Waals surface area contributed by atoms with E-state index in [2.05, 4.69) is 0 Å². The van der Waals surface area contributed by atoms with E-state index in [9.17, 15) is 4.79 Å². The smallest absolute Gasteiger partial charge is 0.137 e. The molecule has 2 N–H and O–H groups in total. The van der Waals surface area contributed by atoms with Crippen molar-refractivity contribution in [2.45, 2.75) is 6.04 Å². The molecule has 0 aromatic rings. The van der Waals surface area contributed by atoms with Gasteiger partial charge in [0, 0.05) is 5.88 Å². The number of hydrogen-bond donors (Lipinski definition) is 1. The monoisotopic (exact) mass is 107 g/mol. The molecule has 6 heavy (non-hydrogen) atoms. The van der Waals surface area contributed by atoms with Gasteiger partial charge in [0.15, 0.2) is 0 Å². The largest absolute Gasteiger partial charge is 0.321 e. The maximum atomic E-state index is 9.53. The average molecular weight is 108 g/mol. The molecule has 0 aliphatic heterocycles. The van der Waals surface area contributed by atoms with Crippen molar-refractivity contribution in [1.29, 1.82) is 0 Å². The van der Waals surface area contributed by atoms with Crippen LogP contribution in [-0.2, 0) is 4.79 Å². The number of rotatable bonds is 2. The molecule has 0 bridgehead atoms. The molecule has 0 spiro atoms. The third-order valence-corrected chi connectivity index (χ3v) is 0.709. The predicted octanol–water partition coefficient (Wildman–Crippen LogP) is -0.249. The lowest BCUT2D eigenvalue weighted by atomic mass is 10.4. The molecule has 0 heterocycles. The van der Waals surface area contributed by atoms with E-state index in [1.807, 2.05) is 0 Å². The number of carbonyl (C=O) groups is 1. The Morgan fingerprint density at radius 3 is 2.50 bits per heavy atom. The summed E-state index contributed by atoms with van der Waals surface area (Å²) in [4.78, 5) is 9.53. The van der Waals surface area contributed by atoms with Crippen molar-refractivity contribution >= 4 is 17.9 Å². The zero-order valence-corrected chi connectivity index (χ0v) is 3.98. The summed E-state index contributed by atoms with van der Waals surface area (Å²) in [5.74, 6) is 0.212. The minimum atomic E-state index is -0.480. The van der Waals surface area contributed by atoms with Crippen molar-refractivity contribution in [3.63, 3.8) is 0 Å². The van der Waals surface area contributed by atoms with E-state index in [4.69, 9.17) is 17.3 Å². The molecule has 0 rings (SSSR count).